The first-order valence-corrected chi connectivity index (χ1v) is 5.31. The summed E-state index contributed by atoms with van der Waals surface area (Å²) in [5.74, 6) is 0.930. The molecule has 2 heterocycles. The second kappa shape index (κ2) is 3.75. The van der Waals surface area contributed by atoms with Crippen LogP contribution in [0.4, 0.5) is 0 Å². The number of hydrogen-bond donors (Lipinski definition) is 1. The van der Waals surface area contributed by atoms with Crippen LogP contribution in [0.3, 0.4) is 0 Å². The van der Waals surface area contributed by atoms with Gasteiger partial charge < -0.3 is 5.32 Å². The Kier molecular flexibility index (Phi) is 2.66. The first-order chi connectivity index (χ1) is 5.86. The highest BCUT2D eigenvalue weighted by atomic mass is 15.2. The molecule has 70 valence electrons. The largest absolute Gasteiger partial charge is 0.315 e. The Bertz CT molecular complexity index is 141. The van der Waals surface area contributed by atoms with Gasteiger partial charge in [-0.3, -0.25) is 4.90 Å². The Labute approximate surface area is 75.3 Å². The number of piperidine rings is 1. The molecule has 0 aliphatic carbocycles. The minimum Gasteiger partial charge on any atom is -0.315 e. The van der Waals surface area contributed by atoms with E-state index in [0.29, 0.717) is 0 Å². The molecule has 0 saturated carbocycles. The van der Waals surface area contributed by atoms with Crippen molar-refractivity contribution in [1.29, 1.82) is 0 Å². The molecule has 0 bridgehead atoms. The first kappa shape index (κ1) is 8.52. The van der Waals surface area contributed by atoms with Crippen LogP contribution in [0.2, 0.25) is 0 Å². The van der Waals surface area contributed by atoms with E-state index in [0.717, 1.165) is 12.0 Å². The molecular weight excluding hydrogens is 148 g/mol. The third kappa shape index (κ3) is 1.80. The summed E-state index contributed by atoms with van der Waals surface area (Å²) < 4.78 is 0. The molecule has 2 atom stereocenters. The smallest absolute Gasteiger partial charge is 0.0232 e. The number of rotatable bonds is 1. The van der Waals surface area contributed by atoms with Gasteiger partial charge in [0.25, 0.3) is 0 Å². The first-order valence-electron chi connectivity index (χ1n) is 5.31. The molecule has 2 aliphatic heterocycles. The van der Waals surface area contributed by atoms with E-state index in [1.54, 1.807) is 0 Å². The van der Waals surface area contributed by atoms with Crippen molar-refractivity contribution >= 4 is 0 Å². The van der Waals surface area contributed by atoms with E-state index in [9.17, 15) is 0 Å². The topological polar surface area (TPSA) is 15.3 Å². The highest BCUT2D eigenvalue weighted by Gasteiger charge is 2.25. The summed E-state index contributed by atoms with van der Waals surface area (Å²) in [6, 6.07) is 0.854. The molecule has 1 N–H and O–H groups in total. The maximum atomic E-state index is 3.44. The lowest BCUT2D eigenvalue weighted by molar-refractivity contribution is 0.138. The van der Waals surface area contributed by atoms with Gasteiger partial charge in [-0.15, -0.1) is 0 Å². The van der Waals surface area contributed by atoms with Crippen molar-refractivity contribution in [3.63, 3.8) is 0 Å². The van der Waals surface area contributed by atoms with Gasteiger partial charge in [-0.1, -0.05) is 6.92 Å². The molecule has 2 fully saturated rings. The monoisotopic (exact) mass is 168 g/mol. The molecule has 2 aliphatic rings. The summed E-state index contributed by atoms with van der Waals surface area (Å²) in [5.41, 5.74) is 0. The molecule has 0 spiro atoms. The summed E-state index contributed by atoms with van der Waals surface area (Å²) in [6.45, 7) is 7.53. The minimum absolute atomic E-state index is 0.854. The molecule has 2 saturated heterocycles. The summed E-state index contributed by atoms with van der Waals surface area (Å²) in [5, 5.41) is 3.44. The van der Waals surface area contributed by atoms with Crippen LogP contribution < -0.4 is 5.32 Å². The zero-order valence-electron chi connectivity index (χ0n) is 8.05. The van der Waals surface area contributed by atoms with Gasteiger partial charge in [0.15, 0.2) is 0 Å². The highest BCUT2D eigenvalue weighted by molar-refractivity contribution is 4.83. The van der Waals surface area contributed by atoms with Crippen LogP contribution in [0.5, 0.6) is 0 Å². The van der Waals surface area contributed by atoms with E-state index in [1.807, 2.05) is 0 Å². The Hall–Kier alpha value is -0.0800. The van der Waals surface area contributed by atoms with Crippen molar-refractivity contribution in [2.75, 3.05) is 26.2 Å². The summed E-state index contributed by atoms with van der Waals surface area (Å²) in [4.78, 5) is 2.69. The summed E-state index contributed by atoms with van der Waals surface area (Å²) in [6.07, 6.45) is 4.22. The van der Waals surface area contributed by atoms with Crippen molar-refractivity contribution in [3.05, 3.63) is 0 Å². The fourth-order valence-corrected chi connectivity index (χ4v) is 2.51. The van der Waals surface area contributed by atoms with Gasteiger partial charge in [0.05, 0.1) is 0 Å². The predicted octanol–water partition coefficient (Wildman–Crippen LogP) is 1.08. The number of hydrogen-bond acceptors (Lipinski definition) is 2. The van der Waals surface area contributed by atoms with Crippen LogP contribution in [0, 0.1) is 5.92 Å². The fourth-order valence-electron chi connectivity index (χ4n) is 2.51. The number of likely N-dealkylation sites (tertiary alicyclic amines) is 1. The Balaban J connectivity index is 1.85. The van der Waals surface area contributed by atoms with Gasteiger partial charge in [0.2, 0.25) is 0 Å². The van der Waals surface area contributed by atoms with Crippen molar-refractivity contribution in [1.82, 2.24) is 10.2 Å². The molecule has 0 aromatic heterocycles. The molecular formula is C10H20N2. The number of nitrogens with zero attached hydrogens (tertiary/aromatic N) is 1. The molecule has 12 heavy (non-hydrogen) atoms. The maximum absolute atomic E-state index is 3.44. The van der Waals surface area contributed by atoms with Crippen LogP contribution in [-0.4, -0.2) is 37.1 Å². The lowest BCUT2D eigenvalue weighted by atomic mass is 9.98. The van der Waals surface area contributed by atoms with Gasteiger partial charge in [0.1, 0.15) is 0 Å². The molecule has 2 rings (SSSR count). The van der Waals surface area contributed by atoms with Crippen molar-refractivity contribution in [3.8, 4) is 0 Å². The van der Waals surface area contributed by atoms with E-state index in [2.05, 4.69) is 17.1 Å². The molecule has 2 heteroatoms. The van der Waals surface area contributed by atoms with E-state index in [-0.39, 0.29) is 0 Å². The second-order valence-corrected chi connectivity index (χ2v) is 4.39. The molecule has 0 aromatic carbocycles. The van der Waals surface area contributed by atoms with Crippen LogP contribution in [0.15, 0.2) is 0 Å². The van der Waals surface area contributed by atoms with Crippen molar-refractivity contribution in [2.45, 2.75) is 32.2 Å². The molecule has 2 nitrogen and oxygen atoms in total. The quantitative estimate of drug-likeness (QED) is 0.630. The minimum atomic E-state index is 0.854. The summed E-state index contributed by atoms with van der Waals surface area (Å²) >= 11 is 0. The predicted molar refractivity (Wildman–Crippen MR) is 51.2 cm³/mol. The zero-order valence-corrected chi connectivity index (χ0v) is 8.05. The van der Waals surface area contributed by atoms with Crippen LogP contribution in [0.25, 0.3) is 0 Å². The number of nitrogens with one attached hydrogen (secondary N) is 1. The van der Waals surface area contributed by atoms with Gasteiger partial charge >= 0.3 is 0 Å². The Morgan fingerprint density at radius 1 is 1.33 bits per heavy atom. The van der Waals surface area contributed by atoms with Crippen LogP contribution in [0.1, 0.15) is 26.2 Å². The standard InChI is InChI=1S/C10H20N2/c1-9-3-2-6-12(8-9)10-4-5-11-7-10/h9-11H,2-8H2,1H3. The van der Waals surface area contributed by atoms with E-state index in [1.165, 1.54) is 45.4 Å². The summed E-state index contributed by atoms with van der Waals surface area (Å²) in [7, 11) is 0. The van der Waals surface area contributed by atoms with Crippen molar-refractivity contribution in [2.24, 2.45) is 5.92 Å². The van der Waals surface area contributed by atoms with Crippen molar-refractivity contribution < 1.29 is 0 Å². The normalized spacial score (nSPS) is 38.8. The average Bonchev–Trinajstić information content (AvgIpc) is 2.56. The second-order valence-electron chi connectivity index (χ2n) is 4.39. The van der Waals surface area contributed by atoms with Crippen LogP contribution in [-0.2, 0) is 0 Å². The third-order valence-electron chi connectivity index (χ3n) is 3.24. The Morgan fingerprint density at radius 2 is 2.25 bits per heavy atom. The zero-order chi connectivity index (χ0) is 8.39. The molecule has 0 aromatic rings. The molecule has 2 unspecified atom stereocenters. The third-order valence-corrected chi connectivity index (χ3v) is 3.24. The Morgan fingerprint density at radius 3 is 2.92 bits per heavy atom. The van der Waals surface area contributed by atoms with Gasteiger partial charge in [0, 0.05) is 19.1 Å². The van der Waals surface area contributed by atoms with E-state index in [4.69, 9.17) is 0 Å². The average molecular weight is 168 g/mol. The lowest BCUT2D eigenvalue weighted by Crippen LogP contribution is -2.43. The van der Waals surface area contributed by atoms with Gasteiger partial charge in [-0.25, -0.2) is 0 Å². The van der Waals surface area contributed by atoms with Crippen LogP contribution >= 0.6 is 0 Å². The fraction of sp³-hybridized carbons (Fsp3) is 1.00. The molecule has 0 radical (unpaired) electrons. The van der Waals surface area contributed by atoms with Gasteiger partial charge in [-0.2, -0.15) is 0 Å². The van der Waals surface area contributed by atoms with E-state index >= 15 is 0 Å². The SMILES string of the molecule is CC1CCCN(C2CCNC2)C1. The maximum Gasteiger partial charge on any atom is 0.0232 e. The van der Waals surface area contributed by atoms with E-state index < -0.39 is 0 Å². The highest BCUT2D eigenvalue weighted by Crippen LogP contribution is 2.19. The van der Waals surface area contributed by atoms with Gasteiger partial charge in [-0.05, 0) is 38.3 Å². The lowest BCUT2D eigenvalue weighted by Gasteiger charge is -2.35. The molecule has 0 amide bonds.